The van der Waals surface area contributed by atoms with Crippen molar-refractivity contribution in [2.75, 3.05) is 17.7 Å². The van der Waals surface area contributed by atoms with Gasteiger partial charge in [-0.1, -0.05) is 17.8 Å². The Bertz CT molecular complexity index is 1170. The quantitative estimate of drug-likeness (QED) is 0.461. The van der Waals surface area contributed by atoms with E-state index in [0.717, 1.165) is 47.9 Å². The average Bonchev–Trinajstić information content (AvgIpc) is 3.10. The van der Waals surface area contributed by atoms with E-state index in [1.165, 1.54) is 15.7 Å². The molecule has 30 heavy (non-hydrogen) atoms. The molecule has 3 heterocycles. The minimum absolute atomic E-state index is 0.0211. The summed E-state index contributed by atoms with van der Waals surface area (Å²) in [6.45, 7) is 2.04. The fraction of sp³-hybridized carbons (Fsp3) is 0.350. The van der Waals surface area contributed by atoms with Crippen molar-refractivity contribution in [1.82, 2.24) is 14.4 Å². The number of thiophene rings is 1. The molecule has 1 aliphatic carbocycles. The number of aryl methyl sites for hydroxylation is 1. The monoisotopic (exact) mass is 444 g/mol. The maximum atomic E-state index is 12.6. The van der Waals surface area contributed by atoms with Gasteiger partial charge in [0.05, 0.1) is 17.9 Å². The third kappa shape index (κ3) is 4.24. The maximum Gasteiger partial charge on any atom is 0.355 e. The Morgan fingerprint density at radius 2 is 2.10 bits per heavy atom. The van der Waals surface area contributed by atoms with Gasteiger partial charge in [-0.2, -0.15) is 4.98 Å². The highest BCUT2D eigenvalue weighted by molar-refractivity contribution is 7.99. The zero-order valence-corrected chi connectivity index (χ0v) is 18.0. The van der Waals surface area contributed by atoms with Crippen LogP contribution in [-0.4, -0.2) is 38.6 Å². The highest BCUT2D eigenvalue weighted by Crippen LogP contribution is 2.38. The summed E-state index contributed by atoms with van der Waals surface area (Å²) in [7, 11) is 0. The van der Waals surface area contributed by atoms with E-state index in [-0.39, 0.29) is 23.4 Å². The van der Waals surface area contributed by atoms with Crippen molar-refractivity contribution in [1.29, 1.82) is 0 Å². The number of thioether (sulfide) groups is 1. The summed E-state index contributed by atoms with van der Waals surface area (Å²) in [6, 6.07) is 5.20. The number of ether oxygens (including phenoxy) is 1. The standard InChI is InChI=1S/C20H20N4O4S2/c1-2-28-18(26)16-12-7-3-4-8-13(12)30-17(16)22-15(25)11-29-19-21-14-9-5-6-10-24(14)20(27)23-19/h5-6,9-10H,2-4,7-8,11H2,1H3,(H,22,25). The van der Waals surface area contributed by atoms with E-state index in [4.69, 9.17) is 4.74 Å². The number of nitrogens with one attached hydrogen (secondary N) is 1. The Morgan fingerprint density at radius 3 is 2.93 bits per heavy atom. The first-order valence-corrected chi connectivity index (χ1v) is 11.5. The van der Waals surface area contributed by atoms with E-state index < -0.39 is 11.7 Å². The van der Waals surface area contributed by atoms with E-state index >= 15 is 0 Å². The van der Waals surface area contributed by atoms with Gasteiger partial charge in [-0.05, 0) is 50.3 Å². The lowest BCUT2D eigenvalue weighted by molar-refractivity contribution is -0.113. The van der Waals surface area contributed by atoms with E-state index in [9.17, 15) is 14.4 Å². The summed E-state index contributed by atoms with van der Waals surface area (Å²) in [5.74, 6) is -0.667. The molecule has 0 saturated carbocycles. The van der Waals surface area contributed by atoms with Crippen molar-refractivity contribution in [2.45, 2.75) is 37.8 Å². The van der Waals surface area contributed by atoms with E-state index in [2.05, 4.69) is 15.3 Å². The van der Waals surface area contributed by atoms with Crippen LogP contribution >= 0.6 is 23.1 Å². The Labute approximate surface area is 180 Å². The van der Waals surface area contributed by atoms with Gasteiger partial charge in [0.2, 0.25) is 5.91 Å². The Hall–Kier alpha value is -2.72. The van der Waals surface area contributed by atoms with E-state index in [1.807, 2.05) is 0 Å². The SMILES string of the molecule is CCOC(=O)c1c(NC(=O)CSc2nc(=O)n3ccccc3n2)sc2c1CCCC2. The van der Waals surface area contributed by atoms with Gasteiger partial charge in [0, 0.05) is 11.1 Å². The molecule has 1 amide bonds. The Kier molecular flexibility index (Phi) is 6.14. The highest BCUT2D eigenvalue weighted by Gasteiger charge is 2.27. The molecule has 1 N–H and O–H groups in total. The molecule has 156 valence electrons. The third-order valence-corrected chi connectivity index (χ3v) is 6.74. The van der Waals surface area contributed by atoms with Gasteiger partial charge in [-0.15, -0.1) is 11.3 Å². The second-order valence-electron chi connectivity index (χ2n) is 6.69. The fourth-order valence-corrected chi connectivity index (χ4v) is 5.30. The minimum atomic E-state index is -0.445. The first-order chi connectivity index (χ1) is 14.6. The number of rotatable bonds is 6. The molecule has 10 heteroatoms. The van der Waals surface area contributed by atoms with Gasteiger partial charge in [0.15, 0.2) is 5.16 Å². The minimum Gasteiger partial charge on any atom is -0.462 e. The van der Waals surface area contributed by atoms with Crippen LogP contribution in [0.25, 0.3) is 5.65 Å². The van der Waals surface area contributed by atoms with Crippen molar-refractivity contribution < 1.29 is 14.3 Å². The number of esters is 1. The molecule has 8 nitrogen and oxygen atoms in total. The molecular weight excluding hydrogens is 424 g/mol. The maximum absolute atomic E-state index is 12.6. The number of aromatic nitrogens is 3. The number of pyridine rings is 1. The van der Waals surface area contributed by atoms with E-state index in [0.29, 0.717) is 16.2 Å². The number of nitrogens with zero attached hydrogens (tertiary/aromatic N) is 3. The number of amides is 1. The molecule has 0 bridgehead atoms. The van der Waals surface area contributed by atoms with Gasteiger partial charge in [-0.25, -0.2) is 14.6 Å². The molecule has 0 atom stereocenters. The van der Waals surface area contributed by atoms with Crippen LogP contribution in [0.3, 0.4) is 0 Å². The molecule has 4 rings (SSSR count). The average molecular weight is 445 g/mol. The van der Waals surface area contributed by atoms with Crippen LogP contribution in [0.1, 0.15) is 40.6 Å². The highest BCUT2D eigenvalue weighted by atomic mass is 32.2. The lowest BCUT2D eigenvalue weighted by atomic mass is 9.95. The van der Waals surface area contributed by atoms with Crippen LogP contribution in [0.4, 0.5) is 5.00 Å². The van der Waals surface area contributed by atoms with Gasteiger partial charge < -0.3 is 10.1 Å². The molecule has 0 spiro atoms. The van der Waals surface area contributed by atoms with Gasteiger partial charge in [-0.3, -0.25) is 9.20 Å². The number of carbonyl (C=O) groups excluding carboxylic acids is 2. The summed E-state index contributed by atoms with van der Waals surface area (Å²) in [6.07, 6.45) is 5.42. The zero-order valence-electron chi connectivity index (χ0n) is 16.3. The predicted octanol–water partition coefficient (Wildman–Crippen LogP) is 2.94. The van der Waals surface area contributed by atoms with Crippen molar-refractivity contribution in [3.63, 3.8) is 0 Å². The number of carbonyl (C=O) groups is 2. The largest absolute Gasteiger partial charge is 0.462 e. The molecule has 1 aliphatic rings. The van der Waals surface area contributed by atoms with Gasteiger partial charge >= 0.3 is 11.7 Å². The number of anilines is 1. The Balaban J connectivity index is 1.50. The number of hydrogen-bond donors (Lipinski definition) is 1. The first kappa shape index (κ1) is 20.5. The number of fused-ring (bicyclic) bond motifs is 2. The van der Waals surface area contributed by atoms with Gasteiger partial charge in [0.25, 0.3) is 0 Å². The molecule has 3 aromatic rings. The molecule has 0 aliphatic heterocycles. The van der Waals surface area contributed by atoms with Crippen LogP contribution in [0.15, 0.2) is 34.3 Å². The third-order valence-electron chi connectivity index (χ3n) is 4.68. The predicted molar refractivity (Wildman–Crippen MR) is 116 cm³/mol. The molecule has 0 radical (unpaired) electrons. The van der Waals surface area contributed by atoms with Crippen molar-refractivity contribution in [2.24, 2.45) is 0 Å². The smallest absolute Gasteiger partial charge is 0.355 e. The van der Waals surface area contributed by atoms with Crippen LogP contribution < -0.4 is 11.0 Å². The number of hydrogen-bond acceptors (Lipinski definition) is 8. The van der Waals surface area contributed by atoms with Crippen LogP contribution in [-0.2, 0) is 22.4 Å². The summed E-state index contributed by atoms with van der Waals surface area (Å²) < 4.78 is 6.55. The Morgan fingerprint density at radius 1 is 1.27 bits per heavy atom. The molecule has 0 aromatic carbocycles. The topological polar surface area (TPSA) is 103 Å². The van der Waals surface area contributed by atoms with Crippen LogP contribution in [0.2, 0.25) is 0 Å². The zero-order chi connectivity index (χ0) is 21.1. The van der Waals surface area contributed by atoms with Crippen LogP contribution in [0, 0.1) is 0 Å². The second-order valence-corrected chi connectivity index (χ2v) is 8.74. The summed E-state index contributed by atoms with van der Waals surface area (Å²) in [5.41, 5.74) is 1.50. The lowest BCUT2D eigenvalue weighted by Crippen LogP contribution is -2.20. The van der Waals surface area contributed by atoms with E-state index in [1.54, 1.807) is 31.3 Å². The van der Waals surface area contributed by atoms with Crippen molar-refractivity contribution in [3.05, 3.63) is 50.9 Å². The molecule has 0 saturated heterocycles. The molecular formula is C20H20N4O4S2. The summed E-state index contributed by atoms with van der Waals surface area (Å²) >= 11 is 2.52. The van der Waals surface area contributed by atoms with Crippen LogP contribution in [0.5, 0.6) is 0 Å². The molecule has 0 unspecified atom stereocenters. The van der Waals surface area contributed by atoms with Gasteiger partial charge in [0.1, 0.15) is 10.6 Å². The molecule has 0 fully saturated rings. The lowest BCUT2D eigenvalue weighted by Gasteiger charge is -2.12. The fourth-order valence-electron chi connectivity index (χ4n) is 3.38. The second kappa shape index (κ2) is 8.97. The summed E-state index contributed by atoms with van der Waals surface area (Å²) in [4.78, 5) is 46.5. The molecule has 3 aromatic heterocycles. The first-order valence-electron chi connectivity index (χ1n) is 9.66. The summed E-state index contributed by atoms with van der Waals surface area (Å²) in [5, 5.41) is 3.61. The van der Waals surface area contributed by atoms with Crippen molar-refractivity contribution in [3.8, 4) is 0 Å². The normalized spacial score (nSPS) is 13.1. The van der Waals surface area contributed by atoms with Crippen molar-refractivity contribution >= 4 is 45.6 Å².